The van der Waals surface area contributed by atoms with E-state index < -0.39 is 142 Å². The Morgan fingerprint density at radius 1 is 0.937 bits per heavy atom. The van der Waals surface area contributed by atoms with Crippen molar-refractivity contribution in [3.63, 3.8) is 0 Å². The number of carbonyl (C=O) groups is 6. The lowest BCUT2D eigenvalue weighted by Gasteiger charge is -2.67. The number of alkyl carbamates (subject to hydrolysis) is 1. The summed E-state index contributed by atoms with van der Waals surface area (Å²) >= 11 is 0. The van der Waals surface area contributed by atoms with Gasteiger partial charge in [0.2, 0.25) is 0 Å². The number of Topliss-reactive ketones (excluding diaryl/α,β-unsaturated/α-hetero) is 1. The third-order valence-corrected chi connectivity index (χ3v) is 12.9. The molecule has 11 atom stereocenters. The number of aliphatic hydroxyl groups excluding tert-OH is 2. The number of esters is 4. The van der Waals surface area contributed by atoms with Crippen LogP contribution >= 0.6 is 0 Å². The molecule has 2 unspecified atom stereocenters. The molecular weight excluding hydrogens is 832 g/mol. The number of aliphatic hydroxyl groups is 3. The number of hydrogen-bond donors (Lipinski definition) is 4. The van der Waals surface area contributed by atoms with E-state index in [0.29, 0.717) is 18.2 Å². The van der Waals surface area contributed by atoms with Crippen molar-refractivity contribution in [3.8, 4) is 0 Å². The lowest BCUT2D eigenvalue weighted by atomic mass is 9.44. The van der Waals surface area contributed by atoms with Crippen molar-refractivity contribution in [2.45, 2.75) is 135 Å². The van der Waals surface area contributed by atoms with Gasteiger partial charge in [0.05, 0.1) is 35.6 Å². The number of benzene rings is 2. The topological polar surface area (TPSA) is 231 Å². The lowest BCUT2D eigenvalue weighted by Crippen LogP contribution is -2.82. The van der Waals surface area contributed by atoms with E-state index in [1.807, 2.05) is 0 Å². The van der Waals surface area contributed by atoms with Crippen LogP contribution in [0.25, 0.3) is 0 Å². The van der Waals surface area contributed by atoms with Gasteiger partial charge in [-0.05, 0) is 63.5 Å². The van der Waals surface area contributed by atoms with Crippen LogP contribution in [-0.2, 0) is 47.6 Å². The van der Waals surface area contributed by atoms with Crippen LogP contribution < -0.4 is 5.32 Å². The first kappa shape index (κ1) is 47.2. The van der Waals surface area contributed by atoms with Gasteiger partial charge in [0.25, 0.3) is 0 Å². The minimum absolute atomic E-state index is 0.0605. The highest BCUT2D eigenvalue weighted by Gasteiger charge is 2.78. The number of hydrogen-bond acceptors (Lipinski definition) is 15. The molecule has 2 bridgehead atoms. The second kappa shape index (κ2) is 16.7. The van der Waals surface area contributed by atoms with Crippen molar-refractivity contribution < 1.29 is 81.3 Å². The van der Waals surface area contributed by atoms with E-state index in [1.54, 1.807) is 39.0 Å². The first-order chi connectivity index (χ1) is 29.2. The molecule has 0 radical (unpaired) electrons. The Labute approximate surface area is 362 Å². The Balaban J connectivity index is 1.55. The fourth-order valence-electron chi connectivity index (χ4n) is 9.90. The minimum atomic E-state index is -2.59. The number of ether oxygens (including phenoxy) is 6. The molecule has 1 saturated heterocycles. The third kappa shape index (κ3) is 8.33. The number of carbonyl (C=O) groups excluding carboxylic acids is 6. The summed E-state index contributed by atoms with van der Waals surface area (Å²) in [4.78, 5) is 82.8. The van der Waals surface area contributed by atoms with Gasteiger partial charge in [-0.1, -0.05) is 44.2 Å². The summed E-state index contributed by atoms with van der Waals surface area (Å²) in [7, 11) is 0. The van der Waals surface area contributed by atoms with E-state index in [9.17, 15) is 48.1 Å². The molecule has 4 N–H and O–H groups in total. The first-order valence-corrected chi connectivity index (χ1v) is 20.4. The third-order valence-electron chi connectivity index (χ3n) is 12.9. The summed E-state index contributed by atoms with van der Waals surface area (Å²) in [5, 5.41) is 39.8. The molecule has 0 spiro atoms. The van der Waals surface area contributed by atoms with Crippen molar-refractivity contribution in [1.29, 1.82) is 0 Å². The first-order valence-electron chi connectivity index (χ1n) is 20.4. The fourth-order valence-corrected chi connectivity index (χ4v) is 9.90. The normalized spacial score (nSPS) is 31.9. The lowest BCUT2D eigenvalue weighted by molar-refractivity contribution is -0.346. The average Bonchev–Trinajstić information content (AvgIpc) is 3.16. The fraction of sp³-hybridized carbons (Fsp3) is 0.556. The molecule has 342 valence electrons. The Bertz CT molecular complexity index is 2200. The van der Waals surface area contributed by atoms with Crippen LogP contribution in [0.4, 0.5) is 13.6 Å². The van der Waals surface area contributed by atoms with Gasteiger partial charge in [-0.15, -0.1) is 0 Å². The van der Waals surface area contributed by atoms with Gasteiger partial charge >= 0.3 is 30.0 Å². The van der Waals surface area contributed by atoms with Crippen molar-refractivity contribution in [2.75, 3.05) is 6.61 Å². The second-order valence-electron chi connectivity index (χ2n) is 18.5. The largest absolute Gasteiger partial charge is 0.456 e. The van der Waals surface area contributed by atoms with Crippen LogP contribution in [0.1, 0.15) is 97.1 Å². The molecule has 2 aromatic carbocycles. The summed E-state index contributed by atoms with van der Waals surface area (Å²) in [6.45, 7) is 12.1. The Kier molecular flexibility index (Phi) is 12.5. The molecule has 0 aromatic heterocycles. The number of halogens is 2. The maximum atomic E-state index is 15.4. The summed E-state index contributed by atoms with van der Waals surface area (Å²) < 4.78 is 64.2. The molecule has 16 nitrogen and oxygen atoms in total. The molecule has 4 aliphatic rings. The Hall–Kier alpha value is -5.30. The number of ketones is 1. The number of amides is 1. The smallest absolute Gasteiger partial charge is 0.408 e. The SMILES string of the molecule is CC(=O)OC1C(=O)[C@]2(C)[C@@H](O)CC3OC[C@@]3(OC(C)=O)[C@H]2[C@H](OC(=O)c2cc(F)cc(F)c2)[C@]2(O)C[C@H](OC(=O)[C@H](O)[C@@H](NC(=O)OC(C)(C)C)c3ccccc3)C(C)=C1C2(C)C. The van der Waals surface area contributed by atoms with Crippen molar-refractivity contribution in [1.82, 2.24) is 5.32 Å². The van der Waals surface area contributed by atoms with E-state index in [0.717, 1.165) is 13.8 Å². The van der Waals surface area contributed by atoms with Crippen LogP contribution in [0.5, 0.6) is 0 Å². The zero-order chi connectivity index (χ0) is 46.8. The molecule has 1 heterocycles. The van der Waals surface area contributed by atoms with E-state index in [-0.39, 0.29) is 23.1 Å². The number of nitrogens with one attached hydrogen (secondary N) is 1. The number of rotatable bonds is 9. The molecule has 3 aliphatic carbocycles. The van der Waals surface area contributed by atoms with Crippen LogP contribution in [0.15, 0.2) is 59.7 Å². The predicted octanol–water partition coefficient (Wildman–Crippen LogP) is 4.11. The average molecular weight is 886 g/mol. The minimum Gasteiger partial charge on any atom is -0.456 e. The van der Waals surface area contributed by atoms with E-state index >= 15 is 4.79 Å². The van der Waals surface area contributed by atoms with Crippen LogP contribution in [-0.4, -0.2) is 111 Å². The van der Waals surface area contributed by atoms with Crippen LogP contribution in [0.3, 0.4) is 0 Å². The van der Waals surface area contributed by atoms with Crippen molar-refractivity contribution in [3.05, 3.63) is 82.4 Å². The van der Waals surface area contributed by atoms with Crippen LogP contribution in [0, 0.1) is 28.4 Å². The van der Waals surface area contributed by atoms with Gasteiger partial charge in [-0.3, -0.25) is 14.4 Å². The van der Waals surface area contributed by atoms with E-state index in [2.05, 4.69) is 5.32 Å². The molecule has 63 heavy (non-hydrogen) atoms. The molecule has 3 fully saturated rings. The predicted molar refractivity (Wildman–Crippen MR) is 213 cm³/mol. The maximum absolute atomic E-state index is 15.4. The standard InChI is InChI=1S/C45H53F2NO15/c1-21-28(60-39(55)33(52)32(24-13-11-10-12-14-24)48-40(56)63-41(4,5)6)19-45(57)37(61-38(54)25-15-26(46)17-27(47)16-25)35-43(9,29(51)18-30-44(35,20-58-30)62-23(3)50)36(53)34(59-22(2)49)31(21)42(45,7)8/h10-17,28-30,32-35,37,51-52,57H,18-20H2,1-9H3,(H,48,56)/t28-,29-,30?,32-,33+,34?,35-,37-,43+,44-,45+/m0/s1. The quantitative estimate of drug-likeness (QED) is 0.158. The molecular formula is C45H53F2NO15. The molecule has 2 saturated carbocycles. The Morgan fingerprint density at radius 2 is 1.56 bits per heavy atom. The van der Waals surface area contributed by atoms with Crippen LogP contribution in [0.2, 0.25) is 0 Å². The number of fused-ring (bicyclic) bond motifs is 5. The van der Waals surface area contributed by atoms with Gasteiger partial charge in [-0.25, -0.2) is 23.2 Å². The Morgan fingerprint density at radius 3 is 2.10 bits per heavy atom. The van der Waals surface area contributed by atoms with Crippen molar-refractivity contribution in [2.24, 2.45) is 16.7 Å². The zero-order valence-electron chi connectivity index (χ0n) is 36.4. The summed E-state index contributed by atoms with van der Waals surface area (Å²) in [5.41, 5.74) is -9.99. The van der Waals surface area contributed by atoms with Gasteiger partial charge in [0.1, 0.15) is 41.1 Å². The summed E-state index contributed by atoms with van der Waals surface area (Å²) in [5.74, 6) is -9.64. The monoisotopic (exact) mass is 885 g/mol. The summed E-state index contributed by atoms with van der Waals surface area (Å²) in [6, 6.07) is 8.31. The molecule has 18 heteroatoms. The molecule has 2 aromatic rings. The van der Waals surface area contributed by atoms with Gasteiger partial charge in [0.15, 0.2) is 23.6 Å². The molecule has 6 rings (SSSR count). The van der Waals surface area contributed by atoms with Crippen molar-refractivity contribution >= 4 is 35.8 Å². The highest BCUT2D eigenvalue weighted by Crippen LogP contribution is 2.64. The van der Waals surface area contributed by atoms with Gasteiger partial charge in [0, 0.05) is 38.2 Å². The van der Waals surface area contributed by atoms with E-state index in [4.69, 9.17) is 28.4 Å². The zero-order valence-corrected chi connectivity index (χ0v) is 36.4. The van der Waals surface area contributed by atoms with Gasteiger partial charge in [-0.2, -0.15) is 0 Å². The maximum Gasteiger partial charge on any atom is 0.408 e. The van der Waals surface area contributed by atoms with E-state index in [1.165, 1.54) is 39.8 Å². The highest BCUT2D eigenvalue weighted by atomic mass is 19.1. The molecule has 1 amide bonds. The summed E-state index contributed by atoms with van der Waals surface area (Å²) in [6.07, 6.45) is -12.6. The van der Waals surface area contributed by atoms with Gasteiger partial charge < -0.3 is 49.1 Å². The highest BCUT2D eigenvalue weighted by molar-refractivity contribution is 5.95. The molecule has 1 aliphatic heterocycles. The second-order valence-corrected chi connectivity index (χ2v) is 18.5.